The van der Waals surface area contributed by atoms with Crippen molar-refractivity contribution >= 4 is 0 Å². The molecule has 0 unspecified atom stereocenters. The van der Waals surface area contributed by atoms with E-state index in [9.17, 15) is 0 Å². The Labute approximate surface area is 144 Å². The van der Waals surface area contributed by atoms with Crippen LogP contribution in [-0.2, 0) is 11.3 Å². The molecule has 1 aliphatic rings. The van der Waals surface area contributed by atoms with Gasteiger partial charge in [0.2, 0.25) is 0 Å². The van der Waals surface area contributed by atoms with Crippen molar-refractivity contribution in [2.45, 2.75) is 18.5 Å². The summed E-state index contributed by atoms with van der Waals surface area (Å²) >= 11 is 0. The standard InChI is InChI=1S/C20H26N2O2/c1-23-11-12-24-18-9-7-16(8-10-18)13-22-14-19(20(21)15-22)17-5-3-2-4-6-17/h2-10,19-20H,11-15,21H2,1H3/t19-,20+/m0/s1. The third kappa shape index (κ3) is 4.35. The number of benzene rings is 2. The topological polar surface area (TPSA) is 47.7 Å². The maximum atomic E-state index is 6.37. The van der Waals surface area contributed by atoms with E-state index in [2.05, 4.69) is 47.4 Å². The molecule has 0 aliphatic carbocycles. The normalized spacial score (nSPS) is 21.1. The lowest BCUT2D eigenvalue weighted by atomic mass is 9.95. The Kier molecular flexibility index (Phi) is 5.86. The summed E-state index contributed by atoms with van der Waals surface area (Å²) in [6.07, 6.45) is 0. The minimum Gasteiger partial charge on any atom is -0.491 e. The zero-order valence-corrected chi connectivity index (χ0v) is 14.2. The Morgan fingerprint density at radius 2 is 1.75 bits per heavy atom. The SMILES string of the molecule is COCCOc1ccc(CN2C[C@@H](N)[C@H](c3ccccc3)C2)cc1. The highest BCUT2D eigenvalue weighted by molar-refractivity contribution is 5.28. The van der Waals surface area contributed by atoms with Crippen LogP contribution in [0.2, 0.25) is 0 Å². The molecule has 0 radical (unpaired) electrons. The molecule has 2 atom stereocenters. The molecule has 2 aromatic rings. The van der Waals surface area contributed by atoms with Crippen LogP contribution in [0.1, 0.15) is 17.0 Å². The summed E-state index contributed by atoms with van der Waals surface area (Å²) in [5.74, 6) is 1.30. The largest absolute Gasteiger partial charge is 0.491 e. The van der Waals surface area contributed by atoms with Gasteiger partial charge in [-0.15, -0.1) is 0 Å². The summed E-state index contributed by atoms with van der Waals surface area (Å²) in [6, 6.07) is 19.1. The molecule has 0 amide bonds. The summed E-state index contributed by atoms with van der Waals surface area (Å²) < 4.78 is 10.6. The Hall–Kier alpha value is -1.88. The van der Waals surface area contributed by atoms with Crippen LogP contribution in [-0.4, -0.2) is 44.4 Å². The van der Waals surface area contributed by atoms with Gasteiger partial charge < -0.3 is 15.2 Å². The summed E-state index contributed by atoms with van der Waals surface area (Å²) in [4.78, 5) is 2.43. The highest BCUT2D eigenvalue weighted by atomic mass is 16.5. The highest BCUT2D eigenvalue weighted by Crippen LogP contribution is 2.27. The lowest BCUT2D eigenvalue weighted by molar-refractivity contribution is 0.146. The van der Waals surface area contributed by atoms with Crippen molar-refractivity contribution in [1.82, 2.24) is 4.90 Å². The molecular weight excluding hydrogens is 300 g/mol. The molecule has 1 heterocycles. The van der Waals surface area contributed by atoms with Gasteiger partial charge in [-0.1, -0.05) is 42.5 Å². The van der Waals surface area contributed by atoms with E-state index < -0.39 is 0 Å². The second kappa shape index (κ2) is 8.29. The summed E-state index contributed by atoms with van der Waals surface area (Å²) in [7, 11) is 1.68. The van der Waals surface area contributed by atoms with Gasteiger partial charge >= 0.3 is 0 Å². The van der Waals surface area contributed by atoms with Crippen molar-refractivity contribution in [3.63, 3.8) is 0 Å². The van der Waals surface area contributed by atoms with E-state index in [1.54, 1.807) is 7.11 Å². The Balaban J connectivity index is 1.55. The fraction of sp³-hybridized carbons (Fsp3) is 0.400. The van der Waals surface area contributed by atoms with E-state index in [0.717, 1.165) is 25.4 Å². The van der Waals surface area contributed by atoms with Crippen molar-refractivity contribution in [2.24, 2.45) is 5.73 Å². The minimum absolute atomic E-state index is 0.198. The van der Waals surface area contributed by atoms with Crippen LogP contribution in [0.5, 0.6) is 5.75 Å². The summed E-state index contributed by atoms with van der Waals surface area (Å²) in [5, 5.41) is 0. The van der Waals surface area contributed by atoms with Crippen LogP contribution in [0.25, 0.3) is 0 Å². The molecule has 24 heavy (non-hydrogen) atoms. The van der Waals surface area contributed by atoms with Crippen molar-refractivity contribution in [3.05, 3.63) is 65.7 Å². The van der Waals surface area contributed by atoms with E-state index in [4.69, 9.17) is 15.2 Å². The molecule has 4 heteroatoms. The van der Waals surface area contributed by atoms with E-state index in [-0.39, 0.29) is 6.04 Å². The van der Waals surface area contributed by atoms with Crippen LogP contribution in [0.15, 0.2) is 54.6 Å². The summed E-state index contributed by atoms with van der Waals surface area (Å²) in [6.45, 7) is 4.06. The Morgan fingerprint density at radius 3 is 2.46 bits per heavy atom. The Morgan fingerprint density at radius 1 is 1.00 bits per heavy atom. The van der Waals surface area contributed by atoms with Crippen LogP contribution >= 0.6 is 0 Å². The molecule has 1 fully saturated rings. The van der Waals surface area contributed by atoms with Gasteiger partial charge in [0, 0.05) is 38.7 Å². The molecule has 4 nitrogen and oxygen atoms in total. The van der Waals surface area contributed by atoms with E-state index >= 15 is 0 Å². The fourth-order valence-corrected chi connectivity index (χ4v) is 3.29. The number of nitrogens with zero attached hydrogens (tertiary/aromatic N) is 1. The number of likely N-dealkylation sites (tertiary alicyclic amines) is 1. The van der Waals surface area contributed by atoms with Gasteiger partial charge in [-0.25, -0.2) is 0 Å². The quantitative estimate of drug-likeness (QED) is 0.795. The number of hydrogen-bond donors (Lipinski definition) is 1. The predicted molar refractivity (Wildman–Crippen MR) is 96.2 cm³/mol. The third-order valence-electron chi connectivity index (χ3n) is 4.55. The number of nitrogens with two attached hydrogens (primary N) is 1. The highest BCUT2D eigenvalue weighted by Gasteiger charge is 2.30. The number of rotatable bonds is 7. The first-order valence-electron chi connectivity index (χ1n) is 8.50. The van der Waals surface area contributed by atoms with Crippen molar-refractivity contribution in [3.8, 4) is 5.75 Å². The van der Waals surface area contributed by atoms with Crippen LogP contribution in [0, 0.1) is 0 Å². The molecule has 2 N–H and O–H groups in total. The maximum Gasteiger partial charge on any atom is 0.119 e. The molecule has 2 aromatic carbocycles. The monoisotopic (exact) mass is 326 g/mol. The lowest BCUT2D eigenvalue weighted by Crippen LogP contribution is -2.28. The van der Waals surface area contributed by atoms with Gasteiger partial charge in [0.1, 0.15) is 12.4 Å². The van der Waals surface area contributed by atoms with Gasteiger partial charge in [-0.3, -0.25) is 4.90 Å². The van der Waals surface area contributed by atoms with Crippen LogP contribution in [0.4, 0.5) is 0 Å². The molecule has 0 saturated carbocycles. The predicted octanol–water partition coefficient (Wildman–Crippen LogP) is 2.64. The second-order valence-corrected chi connectivity index (χ2v) is 6.36. The van der Waals surface area contributed by atoms with Gasteiger partial charge in [0.15, 0.2) is 0 Å². The van der Waals surface area contributed by atoms with Gasteiger partial charge in [0.25, 0.3) is 0 Å². The first-order valence-corrected chi connectivity index (χ1v) is 8.50. The maximum absolute atomic E-state index is 6.37. The van der Waals surface area contributed by atoms with E-state index in [1.165, 1.54) is 11.1 Å². The fourth-order valence-electron chi connectivity index (χ4n) is 3.29. The molecule has 1 aliphatic heterocycles. The Bertz CT molecular complexity index is 615. The van der Waals surface area contributed by atoms with E-state index in [0.29, 0.717) is 19.1 Å². The van der Waals surface area contributed by atoms with Crippen molar-refractivity contribution in [2.75, 3.05) is 33.4 Å². The van der Waals surface area contributed by atoms with Gasteiger partial charge in [0.05, 0.1) is 6.61 Å². The smallest absolute Gasteiger partial charge is 0.119 e. The third-order valence-corrected chi connectivity index (χ3v) is 4.55. The average Bonchev–Trinajstić information content (AvgIpc) is 2.98. The second-order valence-electron chi connectivity index (χ2n) is 6.36. The first kappa shape index (κ1) is 17.0. The van der Waals surface area contributed by atoms with Gasteiger partial charge in [-0.2, -0.15) is 0 Å². The summed E-state index contributed by atoms with van der Waals surface area (Å²) in [5.41, 5.74) is 9.00. The average molecular weight is 326 g/mol. The first-order chi connectivity index (χ1) is 11.8. The van der Waals surface area contributed by atoms with E-state index in [1.807, 2.05) is 12.1 Å². The zero-order chi connectivity index (χ0) is 16.8. The molecule has 0 spiro atoms. The molecule has 3 rings (SSSR count). The van der Waals surface area contributed by atoms with Crippen LogP contribution in [0.3, 0.4) is 0 Å². The van der Waals surface area contributed by atoms with Crippen molar-refractivity contribution < 1.29 is 9.47 Å². The van der Waals surface area contributed by atoms with Gasteiger partial charge in [-0.05, 0) is 23.3 Å². The zero-order valence-electron chi connectivity index (χ0n) is 14.2. The molecule has 0 bridgehead atoms. The number of methoxy groups -OCH3 is 1. The minimum atomic E-state index is 0.198. The molecule has 128 valence electrons. The molecular formula is C20H26N2O2. The van der Waals surface area contributed by atoms with Crippen LogP contribution < -0.4 is 10.5 Å². The molecule has 1 saturated heterocycles. The number of ether oxygens (including phenoxy) is 2. The number of hydrogen-bond acceptors (Lipinski definition) is 4. The lowest BCUT2D eigenvalue weighted by Gasteiger charge is -2.16. The van der Waals surface area contributed by atoms with Crippen molar-refractivity contribution in [1.29, 1.82) is 0 Å². The molecule has 0 aromatic heterocycles.